The molecule has 0 radical (unpaired) electrons. The summed E-state index contributed by atoms with van der Waals surface area (Å²) in [5, 5.41) is 19.9. The monoisotopic (exact) mass is 461 g/mol. The van der Waals surface area contributed by atoms with E-state index >= 15 is 0 Å². The van der Waals surface area contributed by atoms with E-state index in [0.717, 1.165) is 5.56 Å². The highest BCUT2D eigenvalue weighted by molar-refractivity contribution is 9.10. The van der Waals surface area contributed by atoms with Gasteiger partial charge in [-0.3, -0.25) is 10.1 Å². The molecule has 0 spiro atoms. The van der Waals surface area contributed by atoms with Gasteiger partial charge in [-0.05, 0) is 64.3 Å². The van der Waals surface area contributed by atoms with Gasteiger partial charge in [0.15, 0.2) is 11.5 Å². The zero-order valence-corrected chi connectivity index (χ0v) is 17.2. The van der Waals surface area contributed by atoms with E-state index < -0.39 is 4.92 Å². The lowest BCUT2D eigenvalue weighted by molar-refractivity contribution is -0.384. The first-order valence-electron chi connectivity index (χ1n) is 8.09. The Morgan fingerprint density at radius 1 is 1.36 bits per heavy atom. The Morgan fingerprint density at radius 3 is 2.57 bits per heavy atom. The zero-order chi connectivity index (χ0) is 20.7. The SMILES string of the molecule is CCOc1cc(/C=C(\C#N)C(N)=S)cc(Br)c1OCc1ccc([N+](=O)[O-])cc1. The summed E-state index contributed by atoms with van der Waals surface area (Å²) in [4.78, 5) is 10.3. The number of thiocarbonyl (C=S) groups is 1. The molecule has 0 saturated heterocycles. The van der Waals surface area contributed by atoms with E-state index in [-0.39, 0.29) is 22.9 Å². The maximum Gasteiger partial charge on any atom is 0.269 e. The van der Waals surface area contributed by atoms with Crippen LogP contribution < -0.4 is 15.2 Å². The van der Waals surface area contributed by atoms with Gasteiger partial charge in [0.1, 0.15) is 17.7 Å². The van der Waals surface area contributed by atoms with Crippen molar-refractivity contribution in [3.63, 3.8) is 0 Å². The molecule has 0 amide bonds. The smallest absolute Gasteiger partial charge is 0.269 e. The Bertz CT molecular complexity index is 968. The summed E-state index contributed by atoms with van der Waals surface area (Å²) in [6.07, 6.45) is 1.57. The zero-order valence-electron chi connectivity index (χ0n) is 14.8. The van der Waals surface area contributed by atoms with Gasteiger partial charge < -0.3 is 15.2 Å². The predicted molar refractivity (Wildman–Crippen MR) is 113 cm³/mol. The van der Waals surface area contributed by atoms with Crippen molar-refractivity contribution < 1.29 is 14.4 Å². The normalized spacial score (nSPS) is 10.8. The third-order valence-electron chi connectivity index (χ3n) is 3.56. The number of nitrogens with two attached hydrogens (primary N) is 1. The number of nitro benzene ring substituents is 1. The quantitative estimate of drug-likeness (QED) is 0.202. The lowest BCUT2D eigenvalue weighted by Crippen LogP contribution is -2.09. The number of rotatable bonds is 8. The Kier molecular flexibility index (Phi) is 7.49. The Labute approximate surface area is 175 Å². The molecule has 0 aliphatic heterocycles. The van der Waals surface area contributed by atoms with Gasteiger partial charge in [0.05, 0.1) is 21.6 Å². The largest absolute Gasteiger partial charge is 0.490 e. The maximum absolute atomic E-state index is 10.7. The first-order valence-corrected chi connectivity index (χ1v) is 9.30. The number of nitrogens with zero attached hydrogens (tertiary/aromatic N) is 2. The van der Waals surface area contributed by atoms with Gasteiger partial charge in [-0.25, -0.2) is 0 Å². The van der Waals surface area contributed by atoms with Crippen LogP contribution in [0.1, 0.15) is 18.1 Å². The van der Waals surface area contributed by atoms with Crippen molar-refractivity contribution in [1.29, 1.82) is 5.26 Å². The maximum atomic E-state index is 10.7. The van der Waals surface area contributed by atoms with E-state index in [2.05, 4.69) is 15.9 Å². The van der Waals surface area contributed by atoms with Crippen molar-refractivity contribution in [1.82, 2.24) is 0 Å². The molecule has 0 saturated carbocycles. The molecule has 0 bridgehead atoms. The minimum Gasteiger partial charge on any atom is -0.490 e. The third kappa shape index (κ3) is 5.52. The van der Waals surface area contributed by atoms with Gasteiger partial charge in [-0.2, -0.15) is 5.26 Å². The van der Waals surface area contributed by atoms with E-state index in [1.807, 2.05) is 13.0 Å². The topological polar surface area (TPSA) is 111 Å². The summed E-state index contributed by atoms with van der Waals surface area (Å²) in [7, 11) is 0. The van der Waals surface area contributed by atoms with Crippen LogP contribution in [0.3, 0.4) is 0 Å². The highest BCUT2D eigenvalue weighted by atomic mass is 79.9. The molecular formula is C19H16BrN3O4S. The fourth-order valence-electron chi connectivity index (χ4n) is 2.27. The molecule has 9 heteroatoms. The molecule has 2 N–H and O–H groups in total. The molecule has 28 heavy (non-hydrogen) atoms. The molecule has 144 valence electrons. The van der Waals surface area contributed by atoms with Crippen LogP contribution in [-0.4, -0.2) is 16.5 Å². The Balaban J connectivity index is 2.29. The number of nitro groups is 1. The summed E-state index contributed by atoms with van der Waals surface area (Å²) in [6, 6.07) is 11.5. The van der Waals surface area contributed by atoms with Crippen molar-refractivity contribution in [2.45, 2.75) is 13.5 Å². The molecule has 0 fully saturated rings. The van der Waals surface area contributed by atoms with Crippen molar-refractivity contribution in [2.24, 2.45) is 5.73 Å². The van der Waals surface area contributed by atoms with E-state index in [9.17, 15) is 10.1 Å². The summed E-state index contributed by atoms with van der Waals surface area (Å²) >= 11 is 8.31. The van der Waals surface area contributed by atoms with E-state index in [0.29, 0.717) is 28.1 Å². The molecule has 0 aliphatic carbocycles. The van der Waals surface area contributed by atoms with E-state index in [1.165, 1.54) is 12.1 Å². The number of halogens is 1. The van der Waals surface area contributed by atoms with Crippen molar-refractivity contribution in [2.75, 3.05) is 6.61 Å². The van der Waals surface area contributed by atoms with Crippen molar-refractivity contribution in [3.8, 4) is 17.6 Å². The van der Waals surface area contributed by atoms with E-state index in [1.54, 1.807) is 30.3 Å². The van der Waals surface area contributed by atoms with Crippen LogP contribution >= 0.6 is 28.1 Å². The average Bonchev–Trinajstić information content (AvgIpc) is 2.65. The van der Waals surface area contributed by atoms with Gasteiger partial charge >= 0.3 is 0 Å². The van der Waals surface area contributed by atoms with Gasteiger partial charge in [-0.15, -0.1) is 0 Å². The molecule has 2 rings (SSSR count). The minimum absolute atomic E-state index is 0.00933. The van der Waals surface area contributed by atoms with Crippen LogP contribution in [0.2, 0.25) is 0 Å². The second kappa shape index (κ2) is 9.82. The molecule has 0 atom stereocenters. The van der Waals surface area contributed by atoms with Crippen molar-refractivity contribution >= 4 is 44.9 Å². The van der Waals surface area contributed by atoms with Crippen molar-refractivity contribution in [3.05, 3.63) is 67.7 Å². The second-order valence-corrected chi connectivity index (χ2v) is 6.80. The number of hydrogen-bond donors (Lipinski definition) is 1. The summed E-state index contributed by atoms with van der Waals surface area (Å²) < 4.78 is 12.1. The first-order chi connectivity index (χ1) is 13.3. The predicted octanol–water partition coefficient (Wildman–Crippen LogP) is 4.53. The lowest BCUT2D eigenvalue weighted by atomic mass is 10.1. The highest BCUT2D eigenvalue weighted by Crippen LogP contribution is 2.38. The lowest BCUT2D eigenvalue weighted by Gasteiger charge is -2.15. The number of hydrogen-bond acceptors (Lipinski definition) is 6. The van der Waals surface area contributed by atoms with E-state index in [4.69, 9.17) is 32.7 Å². The Morgan fingerprint density at radius 2 is 2.04 bits per heavy atom. The summed E-state index contributed by atoms with van der Waals surface area (Å²) in [5.41, 5.74) is 7.17. The fourth-order valence-corrected chi connectivity index (χ4v) is 2.95. The van der Waals surface area contributed by atoms with Crippen LogP contribution in [0.4, 0.5) is 5.69 Å². The molecule has 7 nitrogen and oxygen atoms in total. The molecule has 2 aromatic carbocycles. The number of nitriles is 1. The van der Waals surface area contributed by atoms with Gasteiger partial charge in [0.25, 0.3) is 5.69 Å². The Hall–Kier alpha value is -2.96. The molecule has 0 aliphatic rings. The molecule has 2 aromatic rings. The van der Waals surface area contributed by atoms with Crippen LogP contribution in [0, 0.1) is 21.4 Å². The van der Waals surface area contributed by atoms with Gasteiger partial charge in [0, 0.05) is 12.1 Å². The van der Waals surface area contributed by atoms with Crippen LogP contribution in [0.25, 0.3) is 6.08 Å². The van der Waals surface area contributed by atoms with Gasteiger partial charge in [0.2, 0.25) is 0 Å². The standard InChI is InChI=1S/C19H16BrN3O4S/c1-2-26-17-9-13(7-14(10-21)19(22)28)8-16(20)18(17)27-11-12-3-5-15(6-4-12)23(24)25/h3-9H,2,11H2,1H3,(H2,22,28)/b14-7+. The average molecular weight is 462 g/mol. The third-order valence-corrected chi connectivity index (χ3v) is 4.37. The van der Waals surface area contributed by atoms with Crippen LogP contribution in [0.15, 0.2) is 46.4 Å². The number of benzene rings is 2. The second-order valence-electron chi connectivity index (χ2n) is 5.51. The van der Waals surface area contributed by atoms with Gasteiger partial charge in [-0.1, -0.05) is 12.2 Å². The van der Waals surface area contributed by atoms with Crippen LogP contribution in [0.5, 0.6) is 11.5 Å². The number of ether oxygens (including phenoxy) is 2. The van der Waals surface area contributed by atoms with Crippen LogP contribution in [-0.2, 0) is 6.61 Å². The minimum atomic E-state index is -0.455. The molecule has 0 heterocycles. The summed E-state index contributed by atoms with van der Waals surface area (Å²) in [6.45, 7) is 2.45. The fraction of sp³-hybridized carbons (Fsp3) is 0.158. The summed E-state index contributed by atoms with van der Waals surface area (Å²) in [5.74, 6) is 0.955. The molecule has 0 unspecified atom stereocenters. The highest BCUT2D eigenvalue weighted by Gasteiger charge is 2.13. The first kappa shape index (κ1) is 21.3. The molecule has 0 aromatic heterocycles. The molecular weight excluding hydrogens is 446 g/mol. The number of non-ortho nitro benzene ring substituents is 1.